The summed E-state index contributed by atoms with van der Waals surface area (Å²) in [6.07, 6.45) is 0.425. The summed E-state index contributed by atoms with van der Waals surface area (Å²) >= 11 is 1.23. The molecule has 3 N–H and O–H groups in total. The Balaban J connectivity index is 1.46. The minimum atomic E-state index is -1.03. The van der Waals surface area contributed by atoms with Crippen LogP contribution >= 0.6 is 11.3 Å². The van der Waals surface area contributed by atoms with Crippen molar-refractivity contribution < 1.29 is 23.1 Å². The van der Waals surface area contributed by atoms with Gasteiger partial charge in [-0.3, -0.25) is 10.1 Å². The molecule has 10 heteroatoms. The molecule has 0 aliphatic carbocycles. The Hall–Kier alpha value is -3.53. The molecule has 0 spiro atoms. The second-order valence-electron chi connectivity index (χ2n) is 6.13. The molecule has 0 unspecified atom stereocenters. The zero-order chi connectivity index (χ0) is 21.5. The van der Waals surface area contributed by atoms with E-state index < -0.39 is 17.7 Å². The summed E-state index contributed by atoms with van der Waals surface area (Å²) in [6.45, 7) is 0. The van der Waals surface area contributed by atoms with E-state index in [1.54, 1.807) is 36.8 Å². The van der Waals surface area contributed by atoms with Crippen LogP contribution in [0.5, 0.6) is 5.75 Å². The minimum Gasteiger partial charge on any atom is -0.497 e. The van der Waals surface area contributed by atoms with E-state index in [-0.39, 0.29) is 18.0 Å². The van der Waals surface area contributed by atoms with Crippen LogP contribution in [0.4, 0.5) is 30.1 Å². The van der Waals surface area contributed by atoms with Crippen molar-refractivity contribution in [1.29, 1.82) is 0 Å². The van der Waals surface area contributed by atoms with Crippen molar-refractivity contribution in [2.24, 2.45) is 0 Å². The highest BCUT2D eigenvalue weighted by atomic mass is 32.1. The van der Waals surface area contributed by atoms with Gasteiger partial charge in [0.1, 0.15) is 5.75 Å². The summed E-state index contributed by atoms with van der Waals surface area (Å²) in [5.74, 6) is -1.69. The Kier molecular flexibility index (Phi) is 6.91. The second kappa shape index (κ2) is 9.79. The molecule has 3 aromatic rings. The number of carbonyl (C=O) groups is 2. The lowest BCUT2D eigenvalue weighted by molar-refractivity contribution is -0.116. The average molecular weight is 432 g/mol. The first kappa shape index (κ1) is 21.2. The monoisotopic (exact) mass is 432 g/mol. The van der Waals surface area contributed by atoms with Crippen LogP contribution in [0.1, 0.15) is 12.1 Å². The fourth-order valence-electron chi connectivity index (χ4n) is 2.45. The summed E-state index contributed by atoms with van der Waals surface area (Å²) in [5, 5.41) is 9.92. The number of methoxy groups -OCH3 is 1. The number of nitrogens with one attached hydrogen (secondary N) is 3. The molecule has 1 heterocycles. The molecule has 7 nitrogen and oxygen atoms in total. The van der Waals surface area contributed by atoms with Gasteiger partial charge in [0.05, 0.1) is 12.8 Å². The number of benzene rings is 2. The van der Waals surface area contributed by atoms with E-state index in [9.17, 15) is 18.4 Å². The molecule has 3 amide bonds. The van der Waals surface area contributed by atoms with E-state index in [2.05, 4.69) is 20.9 Å². The van der Waals surface area contributed by atoms with E-state index in [4.69, 9.17) is 4.74 Å². The van der Waals surface area contributed by atoms with E-state index >= 15 is 0 Å². The number of rotatable bonds is 7. The first-order chi connectivity index (χ1) is 14.4. The highest BCUT2D eigenvalue weighted by Crippen LogP contribution is 2.19. The zero-order valence-electron chi connectivity index (χ0n) is 15.9. The van der Waals surface area contributed by atoms with Crippen LogP contribution in [0.3, 0.4) is 0 Å². The number of ether oxygens (including phenoxy) is 1. The van der Waals surface area contributed by atoms with E-state index in [0.717, 1.165) is 12.1 Å². The second-order valence-corrected chi connectivity index (χ2v) is 6.99. The van der Waals surface area contributed by atoms with Crippen LogP contribution in [-0.2, 0) is 11.2 Å². The number of hydrogen-bond donors (Lipinski definition) is 3. The van der Waals surface area contributed by atoms with Crippen molar-refractivity contribution in [2.45, 2.75) is 12.8 Å². The maximum absolute atomic E-state index is 13.2. The average Bonchev–Trinajstić information content (AvgIpc) is 3.17. The Labute approximate surface area is 175 Å². The number of halogens is 2. The lowest BCUT2D eigenvalue weighted by Crippen LogP contribution is -2.19. The molecule has 0 aliphatic rings. The number of carbonyl (C=O) groups excluding carboxylic acids is 2. The molecular formula is C20H18F2N4O3S. The van der Waals surface area contributed by atoms with Crippen molar-refractivity contribution in [2.75, 3.05) is 23.1 Å². The molecule has 0 saturated heterocycles. The van der Waals surface area contributed by atoms with Gasteiger partial charge in [0, 0.05) is 29.2 Å². The topological polar surface area (TPSA) is 92.3 Å². The molecule has 0 fully saturated rings. The molecule has 0 radical (unpaired) electrons. The number of amides is 3. The van der Waals surface area contributed by atoms with Crippen LogP contribution in [0.2, 0.25) is 0 Å². The van der Waals surface area contributed by atoms with Gasteiger partial charge in [-0.25, -0.2) is 18.6 Å². The number of aromatic nitrogens is 1. The summed E-state index contributed by atoms with van der Waals surface area (Å²) in [5.41, 5.74) is 1.40. The summed E-state index contributed by atoms with van der Waals surface area (Å²) < 4.78 is 31.2. The molecule has 0 saturated carbocycles. The lowest BCUT2D eigenvalue weighted by atomic mass is 10.2. The molecule has 30 heavy (non-hydrogen) atoms. The Morgan fingerprint density at radius 1 is 1.00 bits per heavy atom. The molecule has 2 aromatic carbocycles. The van der Waals surface area contributed by atoms with Crippen LogP contribution in [0, 0.1) is 11.6 Å². The fraction of sp³-hybridized carbons (Fsp3) is 0.150. The van der Waals surface area contributed by atoms with Gasteiger partial charge in [-0.1, -0.05) is 0 Å². The quantitative estimate of drug-likeness (QED) is 0.507. The Bertz CT molecular complexity index is 1040. The van der Waals surface area contributed by atoms with Crippen molar-refractivity contribution in [3.63, 3.8) is 0 Å². The van der Waals surface area contributed by atoms with Crippen LogP contribution in [-0.4, -0.2) is 24.0 Å². The molecule has 0 atom stereocenters. The van der Waals surface area contributed by atoms with Crippen molar-refractivity contribution in [3.8, 4) is 5.75 Å². The molecular weight excluding hydrogens is 414 g/mol. The molecule has 156 valence electrons. The zero-order valence-corrected chi connectivity index (χ0v) is 16.7. The van der Waals surface area contributed by atoms with Gasteiger partial charge in [0.15, 0.2) is 16.8 Å². The fourth-order valence-corrected chi connectivity index (χ4v) is 3.19. The number of hydrogen-bond acceptors (Lipinski definition) is 5. The Morgan fingerprint density at radius 2 is 1.73 bits per heavy atom. The van der Waals surface area contributed by atoms with Crippen LogP contribution in [0.25, 0.3) is 0 Å². The standard InChI is InChI=1S/C20H18F2N4O3S/c1-29-15-6-2-12(3-7-15)24-19(28)26-20-25-14(11-30-20)5-9-18(27)23-13-4-8-16(21)17(22)10-13/h2-4,6-8,10-11H,5,9H2,1H3,(H,23,27)(H2,24,25,26,28). The van der Waals surface area contributed by atoms with Gasteiger partial charge >= 0.3 is 6.03 Å². The van der Waals surface area contributed by atoms with E-state index in [1.165, 1.54) is 17.4 Å². The van der Waals surface area contributed by atoms with Gasteiger partial charge in [-0.2, -0.15) is 0 Å². The smallest absolute Gasteiger partial charge is 0.325 e. The number of anilines is 3. The summed E-state index contributed by atoms with van der Waals surface area (Å²) in [4.78, 5) is 28.3. The van der Waals surface area contributed by atoms with Crippen LogP contribution in [0.15, 0.2) is 47.8 Å². The summed E-state index contributed by atoms with van der Waals surface area (Å²) in [6, 6.07) is 9.55. The molecule has 0 bridgehead atoms. The van der Waals surface area contributed by atoms with Gasteiger partial charge in [-0.05, 0) is 42.8 Å². The van der Waals surface area contributed by atoms with Gasteiger partial charge in [0.2, 0.25) is 5.91 Å². The third kappa shape index (κ3) is 5.98. The number of thiazole rings is 1. The maximum atomic E-state index is 13.2. The third-order valence-electron chi connectivity index (χ3n) is 3.93. The van der Waals surface area contributed by atoms with Crippen molar-refractivity contribution in [1.82, 2.24) is 4.98 Å². The normalized spacial score (nSPS) is 10.4. The predicted octanol–water partition coefficient (Wildman–Crippen LogP) is 4.65. The SMILES string of the molecule is COc1ccc(NC(=O)Nc2nc(CCC(=O)Nc3ccc(F)c(F)c3)cs2)cc1. The maximum Gasteiger partial charge on any atom is 0.325 e. The van der Waals surface area contributed by atoms with Gasteiger partial charge in [-0.15, -0.1) is 11.3 Å². The number of nitrogens with zero attached hydrogens (tertiary/aromatic N) is 1. The first-order valence-corrected chi connectivity index (χ1v) is 9.72. The lowest BCUT2D eigenvalue weighted by Gasteiger charge is -2.06. The van der Waals surface area contributed by atoms with E-state index in [1.807, 2.05) is 0 Å². The number of aryl methyl sites for hydroxylation is 1. The molecule has 1 aromatic heterocycles. The van der Waals surface area contributed by atoms with E-state index in [0.29, 0.717) is 28.7 Å². The van der Waals surface area contributed by atoms with Crippen molar-refractivity contribution in [3.05, 3.63) is 65.2 Å². The van der Waals surface area contributed by atoms with Gasteiger partial charge < -0.3 is 15.4 Å². The first-order valence-electron chi connectivity index (χ1n) is 8.84. The molecule has 0 aliphatic heterocycles. The van der Waals surface area contributed by atoms with Gasteiger partial charge in [0.25, 0.3) is 0 Å². The largest absolute Gasteiger partial charge is 0.497 e. The molecule has 3 rings (SSSR count). The van der Waals surface area contributed by atoms with Crippen molar-refractivity contribution >= 4 is 39.8 Å². The number of urea groups is 1. The summed E-state index contributed by atoms with van der Waals surface area (Å²) in [7, 11) is 1.56. The predicted molar refractivity (Wildman–Crippen MR) is 111 cm³/mol. The van der Waals surface area contributed by atoms with Crippen LogP contribution < -0.4 is 20.7 Å². The third-order valence-corrected chi connectivity index (χ3v) is 4.74. The highest BCUT2D eigenvalue weighted by Gasteiger charge is 2.10. The highest BCUT2D eigenvalue weighted by molar-refractivity contribution is 7.13. The minimum absolute atomic E-state index is 0.0974. The Morgan fingerprint density at radius 3 is 2.43 bits per heavy atom.